The third-order valence-electron chi connectivity index (χ3n) is 1.51. The smallest absolute Gasteiger partial charge is 0.306 e. The van der Waals surface area contributed by atoms with E-state index >= 15 is 0 Å². The first-order valence-electron chi connectivity index (χ1n) is 4.87. The van der Waals surface area contributed by atoms with Gasteiger partial charge in [-0.05, 0) is 40.2 Å². The zero-order valence-electron chi connectivity index (χ0n) is 9.34. The molecule has 0 aliphatic rings. The van der Waals surface area contributed by atoms with Crippen LogP contribution in [0.25, 0.3) is 0 Å². The van der Waals surface area contributed by atoms with Crippen LogP contribution in [0.4, 0.5) is 0 Å². The molecule has 0 spiro atoms. The molecule has 0 amide bonds. The molecule has 4 heteroatoms. The van der Waals surface area contributed by atoms with Crippen molar-refractivity contribution in [3.63, 3.8) is 0 Å². The molecule has 0 unspecified atom stereocenters. The molecule has 0 aromatic carbocycles. The summed E-state index contributed by atoms with van der Waals surface area (Å²) >= 11 is 0. The van der Waals surface area contributed by atoms with Crippen molar-refractivity contribution < 1.29 is 9.53 Å². The van der Waals surface area contributed by atoms with Crippen LogP contribution in [0.15, 0.2) is 0 Å². The molecule has 0 aliphatic carbocycles. The van der Waals surface area contributed by atoms with E-state index in [2.05, 4.69) is 0 Å². The Labute approximate surface area is 97.2 Å². The number of unbranched alkanes of at least 4 members (excludes halogenated alkanes) is 2. The Hall–Kier alpha value is -0.0900. The Morgan fingerprint density at radius 3 is 2.21 bits per heavy atom. The number of ether oxygens (including phenoxy) is 1. The molecule has 86 valence electrons. The van der Waals surface area contributed by atoms with E-state index in [4.69, 9.17) is 10.5 Å². The predicted octanol–water partition coefficient (Wildman–Crippen LogP) is 2.43. The van der Waals surface area contributed by atoms with Crippen LogP contribution in [0.3, 0.4) is 0 Å². The van der Waals surface area contributed by atoms with Crippen LogP contribution >= 0.6 is 17.0 Å². The topological polar surface area (TPSA) is 52.3 Å². The van der Waals surface area contributed by atoms with Crippen LogP contribution in [0.1, 0.15) is 46.5 Å². The van der Waals surface area contributed by atoms with Crippen LogP contribution in [-0.2, 0) is 9.53 Å². The fourth-order valence-electron chi connectivity index (χ4n) is 0.983. The number of carbonyl (C=O) groups excluding carboxylic acids is 1. The largest absolute Gasteiger partial charge is 0.460 e. The molecule has 0 aromatic rings. The molecule has 0 saturated heterocycles. The van der Waals surface area contributed by atoms with E-state index in [9.17, 15) is 4.79 Å². The average Bonchev–Trinajstić information content (AvgIpc) is 1.94. The van der Waals surface area contributed by atoms with Gasteiger partial charge >= 0.3 is 5.97 Å². The molecule has 14 heavy (non-hydrogen) atoms. The molecule has 0 bridgehead atoms. The Morgan fingerprint density at radius 2 is 1.79 bits per heavy atom. The molecular formula is C10H22BrNO2. The minimum Gasteiger partial charge on any atom is -0.460 e. The number of rotatable bonds is 5. The molecule has 0 aliphatic heterocycles. The number of hydrogen-bond donors (Lipinski definition) is 1. The molecule has 0 aromatic heterocycles. The summed E-state index contributed by atoms with van der Waals surface area (Å²) < 4.78 is 5.15. The van der Waals surface area contributed by atoms with Crippen LogP contribution in [0, 0.1) is 0 Å². The van der Waals surface area contributed by atoms with E-state index < -0.39 is 0 Å². The van der Waals surface area contributed by atoms with Gasteiger partial charge < -0.3 is 10.5 Å². The Balaban J connectivity index is 0. The lowest BCUT2D eigenvalue weighted by Gasteiger charge is -2.19. The summed E-state index contributed by atoms with van der Waals surface area (Å²) in [5.41, 5.74) is 4.97. The lowest BCUT2D eigenvalue weighted by Crippen LogP contribution is -2.23. The Morgan fingerprint density at radius 1 is 1.21 bits per heavy atom. The maximum Gasteiger partial charge on any atom is 0.306 e. The summed E-state index contributed by atoms with van der Waals surface area (Å²) in [5.74, 6) is -0.107. The van der Waals surface area contributed by atoms with E-state index in [1.54, 1.807) is 0 Å². The predicted molar refractivity (Wildman–Crippen MR) is 63.7 cm³/mol. The molecule has 0 heterocycles. The minimum atomic E-state index is -0.356. The lowest BCUT2D eigenvalue weighted by molar-refractivity contribution is -0.154. The zero-order valence-corrected chi connectivity index (χ0v) is 11.1. The fourth-order valence-corrected chi connectivity index (χ4v) is 0.983. The van der Waals surface area contributed by atoms with E-state index in [0.717, 1.165) is 19.3 Å². The molecule has 0 saturated carbocycles. The van der Waals surface area contributed by atoms with Gasteiger partial charge in [-0.2, -0.15) is 0 Å². The van der Waals surface area contributed by atoms with Crippen molar-refractivity contribution in [2.75, 3.05) is 6.54 Å². The van der Waals surface area contributed by atoms with Gasteiger partial charge in [0.15, 0.2) is 0 Å². The van der Waals surface area contributed by atoms with Crippen molar-refractivity contribution in [1.29, 1.82) is 0 Å². The number of hydrogen-bond acceptors (Lipinski definition) is 3. The van der Waals surface area contributed by atoms with Gasteiger partial charge in [0.2, 0.25) is 0 Å². The highest BCUT2D eigenvalue weighted by Crippen LogP contribution is 2.10. The van der Waals surface area contributed by atoms with Gasteiger partial charge in [-0.15, -0.1) is 17.0 Å². The summed E-state index contributed by atoms with van der Waals surface area (Å²) in [4.78, 5) is 11.2. The maximum atomic E-state index is 11.2. The maximum absolute atomic E-state index is 11.2. The van der Waals surface area contributed by atoms with Gasteiger partial charge in [-0.1, -0.05) is 6.42 Å². The van der Waals surface area contributed by atoms with Crippen molar-refractivity contribution in [3.8, 4) is 0 Å². The first-order chi connectivity index (χ1) is 5.95. The number of nitrogens with two attached hydrogens (primary N) is 1. The highest BCUT2D eigenvalue weighted by atomic mass is 79.9. The first kappa shape index (κ1) is 16.3. The lowest BCUT2D eigenvalue weighted by atomic mass is 10.1. The molecule has 0 fully saturated rings. The van der Waals surface area contributed by atoms with Gasteiger partial charge in [0.05, 0.1) is 0 Å². The second-order valence-corrected chi connectivity index (χ2v) is 4.19. The summed E-state index contributed by atoms with van der Waals surface area (Å²) in [7, 11) is 0. The van der Waals surface area contributed by atoms with Crippen molar-refractivity contribution in [3.05, 3.63) is 0 Å². The second kappa shape index (κ2) is 8.24. The quantitative estimate of drug-likeness (QED) is 0.615. The summed E-state index contributed by atoms with van der Waals surface area (Å²) in [6.07, 6.45) is 3.39. The van der Waals surface area contributed by atoms with Gasteiger partial charge in [0.25, 0.3) is 0 Å². The van der Waals surface area contributed by atoms with E-state index in [1.165, 1.54) is 0 Å². The van der Waals surface area contributed by atoms with Crippen LogP contribution in [-0.4, -0.2) is 18.1 Å². The minimum absolute atomic E-state index is 0. The number of halogens is 1. The summed E-state index contributed by atoms with van der Waals surface area (Å²) in [6, 6.07) is 0. The SMILES string of the molecule is Br.CC(C)(C)OC(=O)CCCCCN. The van der Waals surface area contributed by atoms with Crippen molar-refractivity contribution in [1.82, 2.24) is 0 Å². The highest BCUT2D eigenvalue weighted by Gasteiger charge is 2.15. The Bertz CT molecular complexity index is 155. The third-order valence-corrected chi connectivity index (χ3v) is 1.51. The second-order valence-electron chi connectivity index (χ2n) is 4.19. The average molecular weight is 268 g/mol. The normalized spacial score (nSPS) is 10.6. The van der Waals surface area contributed by atoms with E-state index in [0.29, 0.717) is 13.0 Å². The van der Waals surface area contributed by atoms with Crippen molar-refractivity contribution >= 4 is 23.0 Å². The number of carbonyl (C=O) groups is 1. The van der Waals surface area contributed by atoms with E-state index in [-0.39, 0.29) is 28.6 Å². The first-order valence-corrected chi connectivity index (χ1v) is 4.87. The molecule has 3 nitrogen and oxygen atoms in total. The third kappa shape index (κ3) is 11.9. The molecule has 2 N–H and O–H groups in total. The van der Waals surface area contributed by atoms with Crippen LogP contribution in [0.2, 0.25) is 0 Å². The highest BCUT2D eigenvalue weighted by molar-refractivity contribution is 8.93. The molecule has 0 radical (unpaired) electrons. The fraction of sp³-hybridized carbons (Fsp3) is 0.900. The standard InChI is InChI=1S/C10H21NO2.BrH/c1-10(2,3)13-9(12)7-5-4-6-8-11;/h4-8,11H2,1-3H3;1H. The molecular weight excluding hydrogens is 246 g/mol. The summed E-state index contributed by atoms with van der Waals surface area (Å²) in [6.45, 7) is 6.34. The number of esters is 1. The molecule has 0 atom stereocenters. The van der Waals surface area contributed by atoms with Gasteiger partial charge in [-0.3, -0.25) is 4.79 Å². The summed E-state index contributed by atoms with van der Waals surface area (Å²) in [5, 5.41) is 0. The van der Waals surface area contributed by atoms with Gasteiger partial charge in [0.1, 0.15) is 5.60 Å². The van der Waals surface area contributed by atoms with Crippen LogP contribution in [0.5, 0.6) is 0 Å². The van der Waals surface area contributed by atoms with Gasteiger partial charge in [0, 0.05) is 6.42 Å². The van der Waals surface area contributed by atoms with E-state index in [1.807, 2.05) is 20.8 Å². The molecule has 0 rings (SSSR count). The van der Waals surface area contributed by atoms with Crippen LogP contribution < -0.4 is 5.73 Å². The van der Waals surface area contributed by atoms with Gasteiger partial charge in [-0.25, -0.2) is 0 Å². The monoisotopic (exact) mass is 267 g/mol. The van der Waals surface area contributed by atoms with Crippen molar-refractivity contribution in [2.45, 2.75) is 52.1 Å². The Kier molecular flexibility index (Phi) is 9.62. The van der Waals surface area contributed by atoms with Crippen molar-refractivity contribution in [2.24, 2.45) is 5.73 Å². The zero-order chi connectivity index (χ0) is 10.3.